The molecular weight excluding hydrogens is 470 g/mol. The van der Waals surface area contributed by atoms with E-state index in [0.717, 1.165) is 12.1 Å². The Morgan fingerprint density at radius 1 is 1.30 bits per heavy atom. The van der Waals surface area contributed by atoms with Gasteiger partial charge in [0.05, 0.1) is 6.54 Å². The molecule has 0 radical (unpaired) electrons. The molecule has 0 amide bonds. The molecule has 1 heterocycles. The molecule has 154 valence electrons. The first-order chi connectivity index (χ1) is 12.2. The lowest BCUT2D eigenvalue weighted by molar-refractivity contribution is -0.143. The Morgan fingerprint density at radius 2 is 2.00 bits per heavy atom. The molecule has 2 rings (SSSR count). The summed E-state index contributed by atoms with van der Waals surface area (Å²) in [6.45, 7) is 1.45. The third-order valence-electron chi connectivity index (χ3n) is 4.19. The van der Waals surface area contributed by atoms with E-state index >= 15 is 0 Å². The molecule has 1 aromatic rings. The summed E-state index contributed by atoms with van der Waals surface area (Å²) in [5, 5.41) is 6.46. The van der Waals surface area contributed by atoms with E-state index in [9.17, 15) is 13.2 Å². The van der Waals surface area contributed by atoms with Crippen molar-refractivity contribution in [2.45, 2.75) is 31.7 Å². The molecule has 1 fully saturated rings. The van der Waals surface area contributed by atoms with Crippen molar-refractivity contribution in [3.05, 3.63) is 35.4 Å². The highest BCUT2D eigenvalue weighted by atomic mass is 127. The van der Waals surface area contributed by atoms with Gasteiger partial charge in [-0.3, -0.25) is 9.89 Å². The average Bonchev–Trinajstić information content (AvgIpc) is 2.96. The molecule has 0 bridgehead atoms. The van der Waals surface area contributed by atoms with Crippen LogP contribution in [-0.2, 0) is 13.1 Å². The molecule has 1 atom stereocenters. The molecule has 9 heteroatoms. The maximum absolute atomic E-state index is 12.5. The van der Waals surface area contributed by atoms with Crippen molar-refractivity contribution >= 4 is 29.9 Å². The number of benzene rings is 1. The van der Waals surface area contributed by atoms with E-state index < -0.39 is 12.7 Å². The van der Waals surface area contributed by atoms with Gasteiger partial charge in [0.1, 0.15) is 0 Å². The zero-order valence-electron chi connectivity index (χ0n) is 16.0. The molecule has 1 aliphatic rings. The number of hydrogen-bond donors (Lipinski definition) is 2. The number of likely N-dealkylation sites (tertiary alicyclic amines) is 1. The summed E-state index contributed by atoms with van der Waals surface area (Å²) in [5.41, 5.74) is 2.37. The number of alkyl halides is 3. The maximum atomic E-state index is 12.5. The Labute approximate surface area is 176 Å². The third kappa shape index (κ3) is 9.11. The van der Waals surface area contributed by atoms with Gasteiger partial charge in [-0.15, -0.1) is 24.0 Å². The van der Waals surface area contributed by atoms with Crippen molar-refractivity contribution in [2.24, 2.45) is 4.99 Å². The molecule has 0 aromatic heterocycles. The van der Waals surface area contributed by atoms with Crippen LogP contribution in [0, 0.1) is 0 Å². The lowest BCUT2D eigenvalue weighted by Crippen LogP contribution is -2.44. The van der Waals surface area contributed by atoms with Gasteiger partial charge in [0.15, 0.2) is 5.96 Å². The fourth-order valence-corrected chi connectivity index (χ4v) is 3.12. The molecule has 0 aliphatic carbocycles. The fourth-order valence-electron chi connectivity index (χ4n) is 3.12. The molecule has 5 nitrogen and oxygen atoms in total. The Kier molecular flexibility index (Phi) is 9.82. The third-order valence-corrected chi connectivity index (χ3v) is 4.19. The van der Waals surface area contributed by atoms with Crippen LogP contribution in [-0.4, -0.2) is 68.8 Å². The molecule has 0 saturated carbocycles. The van der Waals surface area contributed by atoms with Gasteiger partial charge in [0.2, 0.25) is 0 Å². The monoisotopic (exact) mass is 499 g/mol. The van der Waals surface area contributed by atoms with Crippen molar-refractivity contribution in [3.8, 4) is 0 Å². The molecule has 1 aliphatic heterocycles. The molecule has 27 heavy (non-hydrogen) atoms. The number of aliphatic imine (C=N–C) groups is 1. The van der Waals surface area contributed by atoms with Gasteiger partial charge in [-0.25, -0.2) is 0 Å². The van der Waals surface area contributed by atoms with Gasteiger partial charge in [-0.1, -0.05) is 24.3 Å². The van der Waals surface area contributed by atoms with Crippen LogP contribution < -0.4 is 10.6 Å². The maximum Gasteiger partial charge on any atom is 0.401 e. The van der Waals surface area contributed by atoms with Crippen molar-refractivity contribution in [1.82, 2.24) is 20.4 Å². The van der Waals surface area contributed by atoms with Gasteiger partial charge >= 0.3 is 6.18 Å². The van der Waals surface area contributed by atoms with Gasteiger partial charge < -0.3 is 15.5 Å². The summed E-state index contributed by atoms with van der Waals surface area (Å²) >= 11 is 0. The normalized spacial score (nSPS) is 18.5. The van der Waals surface area contributed by atoms with Crippen molar-refractivity contribution in [3.63, 3.8) is 0 Å². The number of guanidine groups is 1. The SMILES string of the molecule is CN=C(NCc1cccc(CN(C)C)c1)NC1CCN(CC(F)(F)F)C1.I. The van der Waals surface area contributed by atoms with E-state index in [-0.39, 0.29) is 30.0 Å². The smallest absolute Gasteiger partial charge is 0.352 e. The summed E-state index contributed by atoms with van der Waals surface area (Å²) in [7, 11) is 5.72. The van der Waals surface area contributed by atoms with Crippen LogP contribution >= 0.6 is 24.0 Å². The van der Waals surface area contributed by atoms with Crippen molar-refractivity contribution in [2.75, 3.05) is 40.8 Å². The Bertz CT molecular complexity index is 607. The predicted molar refractivity (Wildman–Crippen MR) is 113 cm³/mol. The summed E-state index contributed by atoms with van der Waals surface area (Å²) in [4.78, 5) is 7.72. The quantitative estimate of drug-likeness (QED) is 0.359. The molecule has 1 unspecified atom stereocenters. The minimum absolute atomic E-state index is 0. The highest BCUT2D eigenvalue weighted by molar-refractivity contribution is 14.0. The van der Waals surface area contributed by atoms with Crippen LogP contribution in [0.2, 0.25) is 0 Å². The van der Waals surface area contributed by atoms with E-state index in [1.165, 1.54) is 10.5 Å². The summed E-state index contributed by atoms with van der Waals surface area (Å²) < 4.78 is 37.4. The lowest BCUT2D eigenvalue weighted by atomic mass is 10.1. The fraction of sp³-hybridized carbons (Fsp3) is 0.611. The Hall–Kier alpha value is -1.07. The second-order valence-corrected chi connectivity index (χ2v) is 6.96. The van der Waals surface area contributed by atoms with Gasteiger partial charge in [0, 0.05) is 39.3 Å². The largest absolute Gasteiger partial charge is 0.401 e. The van der Waals surface area contributed by atoms with E-state index in [1.54, 1.807) is 7.05 Å². The minimum Gasteiger partial charge on any atom is -0.352 e. The minimum atomic E-state index is -4.15. The number of halogens is 4. The van der Waals surface area contributed by atoms with Crippen LogP contribution in [0.4, 0.5) is 13.2 Å². The standard InChI is InChI=1S/C18H28F3N5.HI/c1-22-17(24-16-7-8-26(12-16)13-18(19,20)21)23-10-14-5-4-6-15(9-14)11-25(2)3;/h4-6,9,16H,7-8,10-13H2,1-3H3,(H2,22,23,24);1H. The van der Waals surface area contributed by atoms with Crippen molar-refractivity contribution < 1.29 is 13.2 Å². The second kappa shape index (κ2) is 11.1. The molecule has 0 spiro atoms. The van der Waals surface area contributed by atoms with E-state index in [4.69, 9.17) is 0 Å². The highest BCUT2D eigenvalue weighted by Crippen LogP contribution is 2.19. The number of rotatable bonds is 6. The van der Waals surface area contributed by atoms with Crippen LogP contribution in [0.25, 0.3) is 0 Å². The van der Waals surface area contributed by atoms with Crippen LogP contribution in [0.15, 0.2) is 29.3 Å². The van der Waals surface area contributed by atoms with E-state index in [2.05, 4.69) is 32.7 Å². The Morgan fingerprint density at radius 3 is 2.63 bits per heavy atom. The topological polar surface area (TPSA) is 42.9 Å². The number of hydrogen-bond acceptors (Lipinski definition) is 3. The van der Waals surface area contributed by atoms with Gasteiger partial charge in [0.25, 0.3) is 0 Å². The number of nitrogens with one attached hydrogen (secondary N) is 2. The zero-order valence-corrected chi connectivity index (χ0v) is 18.3. The van der Waals surface area contributed by atoms with Crippen LogP contribution in [0.1, 0.15) is 17.5 Å². The highest BCUT2D eigenvalue weighted by Gasteiger charge is 2.34. The van der Waals surface area contributed by atoms with E-state index in [1.807, 2.05) is 26.2 Å². The summed E-state index contributed by atoms with van der Waals surface area (Å²) in [6.07, 6.45) is -3.47. The zero-order chi connectivity index (χ0) is 19.2. The van der Waals surface area contributed by atoms with E-state index in [0.29, 0.717) is 32.0 Å². The predicted octanol–water partition coefficient (Wildman–Crippen LogP) is 2.67. The molecule has 2 N–H and O–H groups in total. The first-order valence-corrected chi connectivity index (χ1v) is 8.74. The van der Waals surface area contributed by atoms with Crippen LogP contribution in [0.3, 0.4) is 0 Å². The molecular formula is C18H29F3IN5. The molecule has 1 aromatic carbocycles. The first-order valence-electron chi connectivity index (χ1n) is 8.74. The summed E-state index contributed by atoms with van der Waals surface area (Å²) in [5.74, 6) is 0.613. The van der Waals surface area contributed by atoms with Crippen LogP contribution in [0.5, 0.6) is 0 Å². The van der Waals surface area contributed by atoms with Gasteiger partial charge in [-0.05, 0) is 31.6 Å². The van der Waals surface area contributed by atoms with Gasteiger partial charge in [-0.2, -0.15) is 13.2 Å². The average molecular weight is 499 g/mol. The first kappa shape index (κ1) is 24.0. The number of nitrogens with zero attached hydrogens (tertiary/aromatic N) is 3. The molecule has 1 saturated heterocycles. The summed E-state index contributed by atoms with van der Waals surface area (Å²) in [6, 6.07) is 8.27. The second-order valence-electron chi connectivity index (χ2n) is 6.96. The lowest BCUT2D eigenvalue weighted by Gasteiger charge is -2.20. The Balaban J connectivity index is 0.00000364. The van der Waals surface area contributed by atoms with Crippen molar-refractivity contribution in [1.29, 1.82) is 0 Å².